The van der Waals surface area contributed by atoms with Gasteiger partial charge in [0.2, 0.25) is 0 Å². The molecule has 7 heteroatoms. The Morgan fingerprint density at radius 3 is 2.11 bits per heavy atom. The maximum Gasteiger partial charge on any atom is -0.0809 e. The molecule has 0 radical (unpaired) electrons. The normalized spacial score (nSPS) is 10.9. The maximum atomic E-state index is 5.84. The number of hydrogen-bond acceptors (Lipinski definition) is 2. The van der Waals surface area contributed by atoms with Gasteiger partial charge in [0.1, 0.15) is 0 Å². The van der Waals surface area contributed by atoms with Gasteiger partial charge >= 0.3 is 53.5 Å². The van der Waals surface area contributed by atoms with Gasteiger partial charge in [0.25, 0.3) is 0 Å². The Morgan fingerprint density at radius 2 is 1.46 bits per heavy atom. The van der Waals surface area contributed by atoms with E-state index in [0.29, 0.717) is 6.79 Å². The second-order valence-corrected chi connectivity index (χ2v) is 36.9. The van der Waals surface area contributed by atoms with Crippen LogP contribution in [0.5, 0.6) is 5.75 Å². The number of fused-ring (bicyclic) bond motifs is 4. The van der Waals surface area contributed by atoms with Crippen LogP contribution in [0.25, 0.3) is 32.3 Å². The van der Waals surface area contributed by atoms with Gasteiger partial charge in [0, 0.05) is 0 Å². The molecule has 0 aliphatic heterocycles. The average molecular weight is 619 g/mol. The minimum absolute atomic E-state index is 0.224. The van der Waals surface area contributed by atoms with Crippen molar-refractivity contribution in [2.75, 3.05) is 6.79 Å². The Hall–Kier alpha value is -1.20. The fourth-order valence-corrected chi connectivity index (χ4v) is 3.83. The predicted octanol–water partition coefficient (Wildman–Crippen LogP) is 9.62. The molecule has 0 spiro atoms. The van der Waals surface area contributed by atoms with Crippen LogP contribution >= 0.6 is 17.0 Å². The summed E-state index contributed by atoms with van der Waals surface area (Å²) in [6.45, 7) is 11.1. The first-order chi connectivity index (χ1) is 16.7. The van der Waals surface area contributed by atoms with E-state index in [1.807, 2.05) is 12.1 Å². The van der Waals surface area contributed by atoms with Gasteiger partial charge in [-0.3, -0.25) is 0 Å². The minimum Gasteiger partial charge on any atom is -0.168 e. The predicted molar refractivity (Wildman–Crippen MR) is 156 cm³/mol. The standard InChI is InChI=1S/C17H19O2Si.C9H7.C2H6Si.2ClH.Zr/c1-20(2,3)19-12-18-17-10-6-9-15-14-8-5-4-7-13(14)11-16(15)17;1-2-5-9-7-3-6-8(9)4-1;1-3-2;;;/h4-11H,12H2,1-3H3;1-7H;1-2H3;2*1H;/q2*-1;;;;+2/p-2. The van der Waals surface area contributed by atoms with E-state index >= 15 is 0 Å². The molecule has 0 atom stereocenters. The Labute approximate surface area is 224 Å². The quantitative estimate of drug-likeness (QED) is 0.113. The van der Waals surface area contributed by atoms with E-state index in [2.05, 4.69) is 112 Å². The van der Waals surface area contributed by atoms with Crippen molar-refractivity contribution in [2.45, 2.75) is 32.7 Å². The molecule has 0 unspecified atom stereocenters. The van der Waals surface area contributed by atoms with Crippen molar-refractivity contribution in [2.24, 2.45) is 0 Å². The van der Waals surface area contributed by atoms with Crippen molar-refractivity contribution < 1.29 is 27.1 Å². The van der Waals surface area contributed by atoms with Crippen LogP contribution in [0.1, 0.15) is 0 Å². The molecule has 0 amide bonds. The third-order valence-corrected chi connectivity index (χ3v) is 26.0. The van der Waals surface area contributed by atoms with Gasteiger partial charge in [-0.25, -0.2) is 0 Å². The molecule has 0 saturated heterocycles. The van der Waals surface area contributed by atoms with E-state index in [-0.39, 0.29) is 5.43 Å². The molecule has 0 saturated carbocycles. The SMILES string of the molecule is C[Si](C)(C)OCOc1cccc2c1[cH-]c1ccccc12.C[Si](C)=[Zr]([Cl])[Cl].c1ccc2[cH-]ccc2c1. The zero-order chi connectivity index (χ0) is 25.4. The summed E-state index contributed by atoms with van der Waals surface area (Å²) in [5.74, 6) is 0.900. The average Bonchev–Trinajstić information content (AvgIpc) is 3.44. The van der Waals surface area contributed by atoms with Crippen molar-refractivity contribution in [1.29, 1.82) is 0 Å². The van der Waals surface area contributed by atoms with Gasteiger partial charge in [0.05, 0.1) is 5.75 Å². The summed E-state index contributed by atoms with van der Waals surface area (Å²) in [4.78, 5) is 0. The van der Waals surface area contributed by atoms with Gasteiger partial charge in [-0.1, -0.05) is 47.9 Å². The molecule has 2 nitrogen and oxygen atoms in total. The molecule has 35 heavy (non-hydrogen) atoms. The number of benzene rings is 3. The summed E-state index contributed by atoms with van der Waals surface area (Å²) in [6, 6.07) is 31.5. The summed E-state index contributed by atoms with van der Waals surface area (Å²) in [6.07, 6.45) is 0. The van der Waals surface area contributed by atoms with Crippen molar-refractivity contribution >= 4 is 63.1 Å². The van der Waals surface area contributed by atoms with E-state index in [9.17, 15) is 0 Å². The molecule has 5 rings (SSSR count). The van der Waals surface area contributed by atoms with E-state index in [4.69, 9.17) is 26.2 Å². The summed E-state index contributed by atoms with van der Waals surface area (Å²) in [5.41, 5.74) is -0.224. The van der Waals surface area contributed by atoms with Crippen LogP contribution in [0, 0.1) is 0 Å². The van der Waals surface area contributed by atoms with Crippen molar-refractivity contribution in [3.8, 4) is 5.75 Å². The van der Waals surface area contributed by atoms with Gasteiger partial charge in [-0.2, -0.15) is 17.5 Å². The molecule has 0 heterocycles. The Morgan fingerprint density at radius 1 is 0.829 bits per heavy atom. The number of hydrogen-bond donors (Lipinski definition) is 0. The molecule has 5 aromatic carbocycles. The summed E-state index contributed by atoms with van der Waals surface area (Å²) in [7, 11) is 9.70. The largest absolute Gasteiger partial charge is 0.168 e. The fourth-order valence-electron chi connectivity index (χ4n) is 3.42. The molecule has 0 N–H and O–H groups in total. The minimum atomic E-state index is -1.65. The van der Waals surface area contributed by atoms with Crippen LogP contribution < -0.4 is 4.74 Å². The molecule has 0 aromatic heterocycles. The summed E-state index contributed by atoms with van der Waals surface area (Å²) in [5, 5.41) is 7.60. The van der Waals surface area contributed by atoms with Gasteiger partial charge in [-0.05, 0) is 19.6 Å². The number of rotatable bonds is 4. The third-order valence-electron chi connectivity index (χ3n) is 5.25. The van der Waals surface area contributed by atoms with E-state index in [1.54, 1.807) is 0 Å². The summed E-state index contributed by atoms with van der Waals surface area (Å²) >= 11 is -1.65. The Bertz CT molecular complexity index is 1370. The molecule has 0 fully saturated rings. The van der Waals surface area contributed by atoms with Gasteiger partial charge in [0.15, 0.2) is 15.1 Å². The van der Waals surface area contributed by atoms with Crippen LogP contribution in [-0.2, 0) is 22.4 Å². The van der Waals surface area contributed by atoms with Crippen LogP contribution in [0.2, 0.25) is 32.7 Å². The number of halogens is 2. The first-order valence-corrected chi connectivity index (χ1v) is 27.5. The van der Waals surface area contributed by atoms with Crippen molar-refractivity contribution in [1.82, 2.24) is 0 Å². The molecular weight excluding hydrogens is 587 g/mol. The topological polar surface area (TPSA) is 18.5 Å². The maximum absolute atomic E-state index is 5.84. The number of ether oxygens (including phenoxy) is 1. The van der Waals surface area contributed by atoms with Crippen LogP contribution in [0.15, 0.2) is 91.0 Å². The van der Waals surface area contributed by atoms with Crippen LogP contribution in [0.4, 0.5) is 0 Å². The third kappa shape index (κ3) is 8.70. The fraction of sp³-hybridized carbons (Fsp3) is 0.214. The molecule has 0 bridgehead atoms. The zero-order valence-electron chi connectivity index (χ0n) is 20.9. The molecular formula is C28H32Cl2O2Si2Zr-2. The first kappa shape index (κ1) is 28.4. The van der Waals surface area contributed by atoms with Crippen LogP contribution in [0.3, 0.4) is 0 Å². The van der Waals surface area contributed by atoms with E-state index in [1.165, 1.54) is 26.9 Å². The second-order valence-electron chi connectivity index (χ2n) is 9.38. The van der Waals surface area contributed by atoms with Gasteiger partial charge < -0.3 is 9.16 Å². The van der Waals surface area contributed by atoms with Crippen LogP contribution in [-0.4, -0.2) is 20.5 Å². The van der Waals surface area contributed by atoms with E-state index < -0.39 is 26.3 Å². The molecule has 5 aromatic rings. The van der Waals surface area contributed by atoms with E-state index in [0.717, 1.165) is 11.1 Å². The smallest absolute Gasteiger partial charge is 0.0809 e. The zero-order valence-corrected chi connectivity index (χ0v) is 26.9. The Kier molecular flexibility index (Phi) is 10.8. The molecule has 0 aliphatic carbocycles. The van der Waals surface area contributed by atoms with Crippen molar-refractivity contribution in [3.05, 3.63) is 91.0 Å². The summed E-state index contributed by atoms with van der Waals surface area (Å²) < 4.78 is 11.6. The van der Waals surface area contributed by atoms with Gasteiger partial charge in [-0.15, -0.1) is 57.9 Å². The van der Waals surface area contributed by atoms with Crippen molar-refractivity contribution in [3.63, 3.8) is 0 Å². The first-order valence-electron chi connectivity index (χ1n) is 11.6. The Balaban J connectivity index is 0.000000187. The molecule has 0 aliphatic rings. The monoisotopic (exact) mass is 616 g/mol. The molecule has 184 valence electrons. The second kappa shape index (κ2) is 13.4.